The summed E-state index contributed by atoms with van der Waals surface area (Å²) in [6.07, 6.45) is 1.55. The molecule has 1 heterocycles. The van der Waals surface area contributed by atoms with E-state index in [0.29, 0.717) is 12.4 Å². The quantitative estimate of drug-likeness (QED) is 0.754. The summed E-state index contributed by atoms with van der Waals surface area (Å²) in [6.45, 7) is 5.32. The van der Waals surface area contributed by atoms with Crippen LogP contribution in [0.3, 0.4) is 0 Å². The third-order valence-corrected chi connectivity index (χ3v) is 5.01. The Morgan fingerprint density at radius 3 is 2.76 bits per heavy atom. The van der Waals surface area contributed by atoms with Crippen molar-refractivity contribution in [3.8, 4) is 0 Å². The monoisotopic (exact) mass is 369 g/mol. The molecule has 0 saturated heterocycles. The van der Waals surface area contributed by atoms with Crippen molar-refractivity contribution in [3.63, 3.8) is 0 Å². The molecule has 0 radical (unpaired) electrons. The summed E-state index contributed by atoms with van der Waals surface area (Å²) < 4.78 is 41.6. The number of aromatic nitrogens is 3. The van der Waals surface area contributed by atoms with E-state index in [1.165, 1.54) is 13.0 Å². The SMILES string of the molecule is CCn1cnnc1[C@H](C)NC(=O)CNS(=O)(=O)c1ccc(F)c(C)c1. The lowest BCUT2D eigenvalue weighted by molar-refractivity contribution is -0.120. The maximum atomic E-state index is 13.2. The fourth-order valence-electron chi connectivity index (χ4n) is 2.23. The number of carbonyl (C=O) groups is 1. The highest BCUT2D eigenvalue weighted by Gasteiger charge is 2.19. The second-order valence-corrected chi connectivity index (χ2v) is 7.27. The van der Waals surface area contributed by atoms with Gasteiger partial charge in [-0.3, -0.25) is 4.79 Å². The fraction of sp³-hybridized carbons (Fsp3) is 0.400. The highest BCUT2D eigenvalue weighted by Crippen LogP contribution is 2.14. The topological polar surface area (TPSA) is 106 Å². The van der Waals surface area contributed by atoms with Crippen LogP contribution in [0.4, 0.5) is 4.39 Å². The molecule has 8 nitrogen and oxygen atoms in total. The minimum absolute atomic E-state index is 0.0991. The van der Waals surface area contributed by atoms with Gasteiger partial charge in [0, 0.05) is 6.54 Å². The molecule has 1 amide bonds. The molecule has 0 bridgehead atoms. The van der Waals surface area contributed by atoms with Crippen molar-refractivity contribution in [3.05, 3.63) is 41.7 Å². The van der Waals surface area contributed by atoms with Crippen LogP contribution in [0.1, 0.15) is 31.3 Å². The van der Waals surface area contributed by atoms with Gasteiger partial charge in [0.2, 0.25) is 15.9 Å². The van der Waals surface area contributed by atoms with Crippen molar-refractivity contribution in [2.45, 2.75) is 38.3 Å². The zero-order valence-corrected chi connectivity index (χ0v) is 15.0. The number of hydrogen-bond acceptors (Lipinski definition) is 5. The first kappa shape index (κ1) is 19.0. The molecule has 2 aromatic rings. The Hall–Kier alpha value is -2.33. The molecule has 0 unspecified atom stereocenters. The number of hydrogen-bond donors (Lipinski definition) is 2. The Kier molecular flexibility index (Phi) is 5.85. The van der Waals surface area contributed by atoms with Crippen LogP contribution in [-0.2, 0) is 21.4 Å². The molecule has 0 fully saturated rings. The number of nitrogens with one attached hydrogen (secondary N) is 2. The first-order valence-electron chi connectivity index (χ1n) is 7.67. The van der Waals surface area contributed by atoms with Gasteiger partial charge in [-0.2, -0.15) is 0 Å². The standard InChI is InChI=1S/C15H20FN5O3S/c1-4-21-9-17-20-15(21)11(3)19-14(22)8-18-25(23,24)12-5-6-13(16)10(2)7-12/h5-7,9,11,18H,4,8H2,1-3H3,(H,19,22)/t11-/m0/s1. The van der Waals surface area contributed by atoms with Crippen LogP contribution in [0, 0.1) is 12.7 Å². The van der Waals surface area contributed by atoms with E-state index < -0.39 is 34.3 Å². The molecule has 10 heteroatoms. The van der Waals surface area contributed by atoms with Crippen molar-refractivity contribution in [1.29, 1.82) is 0 Å². The lowest BCUT2D eigenvalue weighted by Gasteiger charge is -2.14. The van der Waals surface area contributed by atoms with Gasteiger partial charge in [0.05, 0.1) is 17.5 Å². The minimum Gasteiger partial charge on any atom is -0.345 e. The van der Waals surface area contributed by atoms with Crippen molar-refractivity contribution in [1.82, 2.24) is 24.8 Å². The van der Waals surface area contributed by atoms with Crippen LogP contribution in [0.15, 0.2) is 29.4 Å². The Bertz CT molecular complexity index is 866. The van der Waals surface area contributed by atoms with Crippen LogP contribution < -0.4 is 10.0 Å². The predicted molar refractivity (Wildman–Crippen MR) is 88.6 cm³/mol. The normalized spacial score (nSPS) is 12.8. The predicted octanol–water partition coefficient (Wildman–Crippen LogP) is 0.901. The fourth-order valence-corrected chi connectivity index (χ4v) is 3.30. The maximum Gasteiger partial charge on any atom is 0.241 e. The van der Waals surface area contributed by atoms with Crippen LogP contribution in [0.25, 0.3) is 0 Å². The summed E-state index contributed by atoms with van der Waals surface area (Å²) in [5, 5.41) is 10.4. The zero-order valence-electron chi connectivity index (χ0n) is 14.2. The molecular weight excluding hydrogens is 349 g/mol. The summed E-state index contributed by atoms with van der Waals surface area (Å²) in [7, 11) is -3.91. The second kappa shape index (κ2) is 7.70. The third-order valence-electron chi connectivity index (χ3n) is 3.61. The summed E-state index contributed by atoms with van der Waals surface area (Å²) in [5.41, 5.74) is 0.208. The lowest BCUT2D eigenvalue weighted by Crippen LogP contribution is -2.38. The number of amides is 1. The van der Waals surface area contributed by atoms with Crippen LogP contribution in [0.2, 0.25) is 0 Å². The molecule has 0 spiro atoms. The van der Waals surface area contributed by atoms with E-state index in [4.69, 9.17) is 0 Å². The number of halogens is 1. The van der Waals surface area contributed by atoms with Gasteiger partial charge < -0.3 is 9.88 Å². The van der Waals surface area contributed by atoms with Gasteiger partial charge in [0.25, 0.3) is 0 Å². The van der Waals surface area contributed by atoms with Crippen LogP contribution in [-0.4, -0.2) is 35.6 Å². The molecule has 1 aromatic carbocycles. The van der Waals surface area contributed by atoms with E-state index in [0.717, 1.165) is 12.1 Å². The summed E-state index contributed by atoms with van der Waals surface area (Å²) in [6, 6.07) is 3.01. The Morgan fingerprint density at radius 2 is 2.12 bits per heavy atom. The Labute approximate surface area is 145 Å². The maximum absolute atomic E-state index is 13.2. The molecule has 25 heavy (non-hydrogen) atoms. The molecule has 2 N–H and O–H groups in total. The Morgan fingerprint density at radius 1 is 1.40 bits per heavy atom. The van der Waals surface area contributed by atoms with Crippen LogP contribution >= 0.6 is 0 Å². The summed E-state index contributed by atoms with van der Waals surface area (Å²) in [5.74, 6) is -0.431. The largest absolute Gasteiger partial charge is 0.345 e. The number of aryl methyl sites for hydroxylation is 2. The van der Waals surface area contributed by atoms with E-state index >= 15 is 0 Å². The van der Waals surface area contributed by atoms with E-state index in [-0.39, 0.29) is 10.5 Å². The second-order valence-electron chi connectivity index (χ2n) is 5.50. The highest BCUT2D eigenvalue weighted by atomic mass is 32.2. The van der Waals surface area contributed by atoms with Crippen molar-refractivity contribution >= 4 is 15.9 Å². The van der Waals surface area contributed by atoms with Gasteiger partial charge in [0.15, 0.2) is 5.82 Å². The molecule has 136 valence electrons. The molecule has 1 atom stereocenters. The van der Waals surface area contributed by atoms with E-state index in [1.54, 1.807) is 17.8 Å². The van der Waals surface area contributed by atoms with Gasteiger partial charge in [0.1, 0.15) is 12.1 Å². The first-order valence-corrected chi connectivity index (χ1v) is 9.15. The zero-order chi connectivity index (χ0) is 18.6. The number of carbonyl (C=O) groups excluding carboxylic acids is 1. The molecule has 1 aromatic heterocycles. The number of nitrogens with zero attached hydrogens (tertiary/aromatic N) is 3. The molecule has 0 aliphatic rings. The smallest absolute Gasteiger partial charge is 0.241 e. The molecule has 0 saturated carbocycles. The molecule has 0 aliphatic heterocycles. The first-order chi connectivity index (χ1) is 11.7. The average Bonchev–Trinajstić information content (AvgIpc) is 3.04. The van der Waals surface area contributed by atoms with Gasteiger partial charge in [-0.1, -0.05) is 0 Å². The van der Waals surface area contributed by atoms with E-state index in [1.807, 2.05) is 6.92 Å². The molecule has 2 rings (SSSR count). The number of sulfonamides is 1. The molecule has 0 aliphatic carbocycles. The Balaban J connectivity index is 1.98. The van der Waals surface area contributed by atoms with Crippen molar-refractivity contribution in [2.24, 2.45) is 0 Å². The lowest BCUT2D eigenvalue weighted by atomic mass is 10.2. The molecular formula is C15H20FN5O3S. The van der Waals surface area contributed by atoms with Crippen LogP contribution in [0.5, 0.6) is 0 Å². The third kappa shape index (κ3) is 4.60. The number of rotatable bonds is 7. The van der Waals surface area contributed by atoms with Gasteiger partial charge >= 0.3 is 0 Å². The van der Waals surface area contributed by atoms with Crippen molar-refractivity contribution < 1.29 is 17.6 Å². The van der Waals surface area contributed by atoms with Crippen molar-refractivity contribution in [2.75, 3.05) is 6.54 Å². The van der Waals surface area contributed by atoms with Gasteiger partial charge in [-0.05, 0) is 44.5 Å². The van der Waals surface area contributed by atoms with E-state index in [2.05, 4.69) is 20.2 Å². The number of benzene rings is 1. The van der Waals surface area contributed by atoms with Gasteiger partial charge in [-0.25, -0.2) is 17.5 Å². The minimum atomic E-state index is -3.91. The van der Waals surface area contributed by atoms with Gasteiger partial charge in [-0.15, -0.1) is 10.2 Å². The summed E-state index contributed by atoms with van der Waals surface area (Å²) >= 11 is 0. The highest BCUT2D eigenvalue weighted by molar-refractivity contribution is 7.89. The average molecular weight is 369 g/mol. The summed E-state index contributed by atoms with van der Waals surface area (Å²) in [4.78, 5) is 11.9. The van der Waals surface area contributed by atoms with E-state index in [9.17, 15) is 17.6 Å².